The Morgan fingerprint density at radius 1 is 0.875 bits per heavy atom. The van der Waals surface area contributed by atoms with Crippen molar-refractivity contribution in [3.63, 3.8) is 0 Å². The third-order valence-corrected chi connectivity index (χ3v) is 7.05. The average Bonchev–Trinajstić information content (AvgIpc) is 3.39. The minimum absolute atomic E-state index is 0.0345. The number of aromatic nitrogens is 3. The molecule has 0 aliphatic heterocycles. The maximum atomic E-state index is 13.5. The van der Waals surface area contributed by atoms with E-state index in [1.807, 2.05) is 66.9 Å². The Hall–Kier alpha value is -4.43. The number of carbonyl (C=O) groups excluding carboxylic acids is 1. The van der Waals surface area contributed by atoms with Gasteiger partial charge in [-0.05, 0) is 90.0 Å². The van der Waals surface area contributed by atoms with Crippen molar-refractivity contribution in [1.29, 1.82) is 0 Å². The van der Waals surface area contributed by atoms with Gasteiger partial charge in [-0.1, -0.05) is 44.7 Å². The number of amides is 1. The molecule has 0 spiro atoms. The van der Waals surface area contributed by atoms with Crippen LogP contribution >= 0.6 is 11.8 Å². The largest absolute Gasteiger partial charge is 0.340 e. The molecule has 3 N–H and O–H groups in total. The molecule has 3 aromatic carbocycles. The van der Waals surface area contributed by atoms with Crippen molar-refractivity contribution in [3.05, 3.63) is 108 Å². The van der Waals surface area contributed by atoms with E-state index in [4.69, 9.17) is 4.98 Å². The van der Waals surface area contributed by atoms with Gasteiger partial charge in [-0.3, -0.25) is 4.79 Å². The molecule has 2 aromatic heterocycles. The SMILES string of the molecule is CSc1nc(-c2ccnc(Nc3ccc(NC(=O)c4ccc(C(C)(C)C)cc4)cc3)c2)c(-c2ccc(F)cc2)[nH]1. The summed E-state index contributed by atoms with van der Waals surface area (Å²) in [6.07, 6.45) is 3.67. The monoisotopic (exact) mass is 551 g/mol. The molecule has 40 heavy (non-hydrogen) atoms. The van der Waals surface area contributed by atoms with E-state index in [0.29, 0.717) is 17.1 Å². The molecule has 5 aromatic rings. The first kappa shape index (κ1) is 27.1. The van der Waals surface area contributed by atoms with Gasteiger partial charge in [-0.15, -0.1) is 0 Å². The lowest BCUT2D eigenvalue weighted by molar-refractivity contribution is 0.102. The summed E-state index contributed by atoms with van der Waals surface area (Å²) in [6.45, 7) is 6.44. The minimum Gasteiger partial charge on any atom is -0.340 e. The second-order valence-electron chi connectivity index (χ2n) is 10.4. The number of benzene rings is 3. The molecule has 6 nitrogen and oxygen atoms in total. The molecule has 0 radical (unpaired) electrons. The number of anilines is 3. The van der Waals surface area contributed by atoms with Crippen LogP contribution in [0.4, 0.5) is 21.6 Å². The number of halogens is 1. The zero-order chi connectivity index (χ0) is 28.3. The van der Waals surface area contributed by atoms with Gasteiger partial charge in [0, 0.05) is 34.3 Å². The Labute approximate surface area is 237 Å². The third-order valence-electron chi connectivity index (χ3n) is 6.47. The molecule has 0 fully saturated rings. The molecule has 202 valence electrons. The van der Waals surface area contributed by atoms with E-state index in [0.717, 1.165) is 33.4 Å². The summed E-state index contributed by atoms with van der Waals surface area (Å²) in [4.78, 5) is 25.3. The van der Waals surface area contributed by atoms with Crippen LogP contribution in [-0.4, -0.2) is 27.1 Å². The second-order valence-corrected chi connectivity index (χ2v) is 11.2. The number of rotatable bonds is 7. The minimum atomic E-state index is -0.286. The highest BCUT2D eigenvalue weighted by molar-refractivity contribution is 7.98. The maximum Gasteiger partial charge on any atom is 0.255 e. The zero-order valence-electron chi connectivity index (χ0n) is 22.7. The summed E-state index contributed by atoms with van der Waals surface area (Å²) in [7, 11) is 0. The Balaban J connectivity index is 1.30. The molecule has 0 aliphatic carbocycles. The van der Waals surface area contributed by atoms with Crippen molar-refractivity contribution in [1.82, 2.24) is 15.0 Å². The van der Waals surface area contributed by atoms with Gasteiger partial charge in [0.15, 0.2) is 5.16 Å². The first-order valence-electron chi connectivity index (χ1n) is 12.8. The highest BCUT2D eigenvalue weighted by atomic mass is 32.2. The number of H-pyrrole nitrogens is 1. The molecular weight excluding hydrogens is 521 g/mol. The fourth-order valence-corrected chi connectivity index (χ4v) is 4.63. The molecule has 0 saturated heterocycles. The number of imidazole rings is 1. The molecule has 5 rings (SSSR count). The van der Waals surface area contributed by atoms with E-state index >= 15 is 0 Å². The van der Waals surface area contributed by atoms with Gasteiger partial charge >= 0.3 is 0 Å². The van der Waals surface area contributed by atoms with E-state index in [1.165, 1.54) is 29.5 Å². The molecule has 0 bridgehead atoms. The Kier molecular flexibility index (Phi) is 7.71. The summed E-state index contributed by atoms with van der Waals surface area (Å²) in [6, 6.07) is 25.3. The summed E-state index contributed by atoms with van der Waals surface area (Å²) in [5, 5.41) is 7.04. The lowest BCUT2D eigenvalue weighted by atomic mass is 9.87. The van der Waals surface area contributed by atoms with Gasteiger partial charge in [-0.25, -0.2) is 14.4 Å². The Bertz CT molecular complexity index is 1620. The van der Waals surface area contributed by atoms with Crippen LogP contribution < -0.4 is 10.6 Å². The molecule has 2 heterocycles. The smallest absolute Gasteiger partial charge is 0.255 e. The van der Waals surface area contributed by atoms with Crippen molar-refractivity contribution < 1.29 is 9.18 Å². The van der Waals surface area contributed by atoms with Gasteiger partial charge in [0.25, 0.3) is 5.91 Å². The number of thioether (sulfide) groups is 1. The van der Waals surface area contributed by atoms with Gasteiger partial charge in [-0.2, -0.15) is 0 Å². The van der Waals surface area contributed by atoms with Crippen LogP contribution in [0.5, 0.6) is 0 Å². The van der Waals surface area contributed by atoms with Crippen LogP contribution in [0.3, 0.4) is 0 Å². The number of hydrogen-bond acceptors (Lipinski definition) is 5. The van der Waals surface area contributed by atoms with Crippen LogP contribution in [0.25, 0.3) is 22.5 Å². The van der Waals surface area contributed by atoms with Crippen LogP contribution in [0.2, 0.25) is 0 Å². The molecule has 0 saturated carbocycles. The zero-order valence-corrected chi connectivity index (χ0v) is 23.6. The number of aromatic amines is 1. The second kappa shape index (κ2) is 11.4. The van der Waals surface area contributed by atoms with E-state index in [2.05, 4.69) is 41.4 Å². The highest BCUT2D eigenvalue weighted by Crippen LogP contribution is 2.33. The Morgan fingerprint density at radius 2 is 1.55 bits per heavy atom. The highest BCUT2D eigenvalue weighted by Gasteiger charge is 2.16. The first-order valence-corrected chi connectivity index (χ1v) is 14.1. The van der Waals surface area contributed by atoms with E-state index in [-0.39, 0.29) is 17.1 Å². The fourth-order valence-electron chi connectivity index (χ4n) is 4.24. The van der Waals surface area contributed by atoms with Crippen LogP contribution in [0.15, 0.2) is 96.3 Å². The van der Waals surface area contributed by atoms with Crippen molar-refractivity contribution in [2.24, 2.45) is 0 Å². The Morgan fingerprint density at radius 3 is 2.20 bits per heavy atom. The van der Waals surface area contributed by atoms with Crippen molar-refractivity contribution >= 4 is 34.9 Å². The van der Waals surface area contributed by atoms with Gasteiger partial charge < -0.3 is 15.6 Å². The van der Waals surface area contributed by atoms with Crippen LogP contribution in [0, 0.1) is 5.82 Å². The number of carbonyl (C=O) groups is 1. The summed E-state index contributed by atoms with van der Waals surface area (Å²) in [5.41, 5.74) is 6.63. The van der Waals surface area contributed by atoms with Crippen LogP contribution in [0.1, 0.15) is 36.7 Å². The fraction of sp³-hybridized carbons (Fsp3) is 0.156. The molecule has 1 amide bonds. The normalized spacial score (nSPS) is 11.3. The molecule has 0 atom stereocenters. The van der Waals surface area contributed by atoms with E-state index in [9.17, 15) is 9.18 Å². The third kappa shape index (κ3) is 6.24. The molecular formula is C32H30FN5OS. The van der Waals surface area contributed by atoms with Crippen LogP contribution in [-0.2, 0) is 5.41 Å². The van der Waals surface area contributed by atoms with Crippen molar-refractivity contribution in [3.8, 4) is 22.5 Å². The molecule has 0 aliphatic rings. The predicted octanol–water partition coefficient (Wildman–Crippen LogP) is 8.29. The topological polar surface area (TPSA) is 82.7 Å². The van der Waals surface area contributed by atoms with Gasteiger partial charge in [0.1, 0.15) is 11.6 Å². The average molecular weight is 552 g/mol. The quantitative estimate of drug-likeness (QED) is 0.177. The lowest BCUT2D eigenvalue weighted by Gasteiger charge is -2.19. The number of pyridine rings is 1. The molecule has 0 unspecified atom stereocenters. The predicted molar refractivity (Wildman–Crippen MR) is 162 cm³/mol. The standard InChI is InChI=1S/C32H30FN5OS/c1-32(2,3)23-9-5-21(6-10-23)30(39)36-26-15-13-25(14-16-26)35-27-19-22(17-18-34-27)29-28(37-31(38-29)40-4)20-7-11-24(33)12-8-20/h5-19H,1-4H3,(H,34,35)(H,36,39)(H,37,38). The number of nitrogens with one attached hydrogen (secondary N) is 3. The summed E-state index contributed by atoms with van der Waals surface area (Å²) < 4.78 is 13.5. The van der Waals surface area contributed by atoms with E-state index < -0.39 is 0 Å². The van der Waals surface area contributed by atoms with Crippen molar-refractivity contribution in [2.75, 3.05) is 16.9 Å². The van der Waals surface area contributed by atoms with Gasteiger partial charge in [0.05, 0.1) is 11.4 Å². The first-order chi connectivity index (χ1) is 19.2. The number of hydrogen-bond donors (Lipinski definition) is 3. The molecule has 8 heteroatoms. The number of nitrogens with zero attached hydrogens (tertiary/aromatic N) is 2. The summed E-state index contributed by atoms with van der Waals surface area (Å²) in [5.74, 6) is 0.203. The van der Waals surface area contributed by atoms with E-state index in [1.54, 1.807) is 18.3 Å². The van der Waals surface area contributed by atoms with Crippen molar-refractivity contribution in [2.45, 2.75) is 31.3 Å². The summed E-state index contributed by atoms with van der Waals surface area (Å²) >= 11 is 1.51. The van der Waals surface area contributed by atoms with Gasteiger partial charge in [0.2, 0.25) is 0 Å². The lowest BCUT2D eigenvalue weighted by Crippen LogP contribution is -2.14. The maximum absolute atomic E-state index is 13.5.